The number of nitrogens with zero attached hydrogens (tertiary/aromatic N) is 1. The second-order valence-electron chi connectivity index (χ2n) is 9.21. The highest BCUT2D eigenvalue weighted by Gasteiger charge is 2.24. The first-order valence-electron chi connectivity index (χ1n) is 12.5. The molecule has 0 saturated carbocycles. The normalized spacial score (nSPS) is 12.8. The molecule has 0 spiro atoms. The largest absolute Gasteiger partial charge is 0.480 e. The third kappa shape index (κ3) is 7.91. The Kier molecular flexibility index (Phi) is 9.43. The summed E-state index contributed by atoms with van der Waals surface area (Å²) in [6.07, 6.45) is 1.27. The Morgan fingerprint density at radius 1 is 0.611 bits per heavy atom. The van der Waals surface area contributed by atoms with Gasteiger partial charge in [0.1, 0.15) is 6.04 Å². The first-order chi connectivity index (χ1) is 17.7. The molecule has 4 heteroatoms. The van der Waals surface area contributed by atoms with Gasteiger partial charge in [-0.15, -0.1) is 0 Å². The van der Waals surface area contributed by atoms with Crippen molar-refractivity contribution >= 4 is 5.97 Å². The fourth-order valence-corrected chi connectivity index (χ4v) is 4.54. The summed E-state index contributed by atoms with van der Waals surface area (Å²) < 4.78 is 0. The molecule has 4 nitrogen and oxygen atoms in total. The number of rotatable bonds is 13. The third-order valence-corrected chi connectivity index (χ3v) is 6.47. The second-order valence-corrected chi connectivity index (χ2v) is 9.21. The molecule has 0 aromatic heterocycles. The van der Waals surface area contributed by atoms with Crippen LogP contribution in [0.15, 0.2) is 121 Å². The van der Waals surface area contributed by atoms with Crippen molar-refractivity contribution in [3.8, 4) is 0 Å². The van der Waals surface area contributed by atoms with Crippen LogP contribution in [0.4, 0.5) is 0 Å². The van der Waals surface area contributed by atoms with Gasteiger partial charge in [0.05, 0.1) is 0 Å². The minimum atomic E-state index is -0.824. The zero-order chi connectivity index (χ0) is 25.0. The summed E-state index contributed by atoms with van der Waals surface area (Å²) in [4.78, 5) is 14.6. The highest BCUT2D eigenvalue weighted by atomic mass is 16.4. The summed E-state index contributed by atoms with van der Waals surface area (Å²) in [6.45, 7) is 2.13. The van der Waals surface area contributed by atoms with Crippen molar-refractivity contribution in [3.63, 3.8) is 0 Å². The number of hydrogen-bond acceptors (Lipinski definition) is 3. The quantitative estimate of drug-likeness (QED) is 0.263. The summed E-state index contributed by atoms with van der Waals surface area (Å²) >= 11 is 0. The number of carboxylic acid groups (broad SMARTS) is 1. The van der Waals surface area contributed by atoms with Crippen molar-refractivity contribution in [3.05, 3.63) is 144 Å². The highest BCUT2D eigenvalue weighted by Crippen LogP contribution is 2.17. The van der Waals surface area contributed by atoms with Gasteiger partial charge in [-0.25, -0.2) is 0 Å². The van der Waals surface area contributed by atoms with Gasteiger partial charge in [-0.1, -0.05) is 121 Å². The van der Waals surface area contributed by atoms with Crippen molar-refractivity contribution in [2.45, 2.75) is 38.0 Å². The van der Waals surface area contributed by atoms with Gasteiger partial charge in [0.15, 0.2) is 0 Å². The molecular weight excluding hydrogens is 444 g/mol. The van der Waals surface area contributed by atoms with E-state index in [-0.39, 0.29) is 6.04 Å². The number of carboxylic acids is 1. The van der Waals surface area contributed by atoms with E-state index in [2.05, 4.69) is 83.0 Å². The Balaban J connectivity index is 1.58. The van der Waals surface area contributed by atoms with Crippen LogP contribution in [0.25, 0.3) is 0 Å². The lowest BCUT2D eigenvalue weighted by Crippen LogP contribution is -2.48. The van der Waals surface area contributed by atoms with Crippen molar-refractivity contribution in [1.29, 1.82) is 0 Å². The van der Waals surface area contributed by atoms with Gasteiger partial charge in [0, 0.05) is 25.7 Å². The fraction of sp³-hybridized carbons (Fsp3) is 0.219. The van der Waals surface area contributed by atoms with Crippen LogP contribution in [0.3, 0.4) is 0 Å². The summed E-state index contributed by atoms with van der Waals surface area (Å²) in [5.41, 5.74) is 4.74. The first kappa shape index (κ1) is 25.4. The number of benzene rings is 4. The molecule has 0 saturated heterocycles. The van der Waals surface area contributed by atoms with E-state index in [9.17, 15) is 9.90 Å². The summed E-state index contributed by atoms with van der Waals surface area (Å²) in [7, 11) is 0. The van der Waals surface area contributed by atoms with Gasteiger partial charge in [0.25, 0.3) is 0 Å². The molecule has 0 unspecified atom stereocenters. The van der Waals surface area contributed by atoms with Crippen LogP contribution < -0.4 is 5.32 Å². The standard InChI is InChI=1S/C32H34N2O2/c35-32(36)31(22-27-15-7-2-8-16-27)33-23-30(21-26-13-5-1-6-14-26)34(24-28-17-9-3-10-18-28)25-29-19-11-4-12-20-29/h1-20,30-31,33H,21-25H2,(H,35,36)/t30-,31-/m0/s1. The molecule has 0 bridgehead atoms. The average Bonchev–Trinajstić information content (AvgIpc) is 2.92. The minimum absolute atomic E-state index is 0.102. The van der Waals surface area contributed by atoms with E-state index in [0.717, 1.165) is 25.1 Å². The minimum Gasteiger partial charge on any atom is -0.480 e. The van der Waals surface area contributed by atoms with Crippen LogP contribution in [0.2, 0.25) is 0 Å². The monoisotopic (exact) mass is 478 g/mol. The van der Waals surface area contributed by atoms with E-state index in [1.54, 1.807) is 0 Å². The molecule has 4 aromatic carbocycles. The van der Waals surface area contributed by atoms with E-state index in [0.29, 0.717) is 13.0 Å². The van der Waals surface area contributed by atoms with Crippen LogP contribution in [-0.4, -0.2) is 34.6 Å². The lowest BCUT2D eigenvalue weighted by Gasteiger charge is -2.33. The van der Waals surface area contributed by atoms with Gasteiger partial charge in [-0.2, -0.15) is 0 Å². The van der Waals surface area contributed by atoms with Crippen molar-refractivity contribution in [2.24, 2.45) is 0 Å². The lowest BCUT2D eigenvalue weighted by atomic mass is 10.0. The molecule has 0 aliphatic rings. The summed E-state index contributed by atoms with van der Waals surface area (Å²) in [6, 6.07) is 40.7. The van der Waals surface area contributed by atoms with Crippen LogP contribution >= 0.6 is 0 Å². The van der Waals surface area contributed by atoms with Gasteiger partial charge >= 0.3 is 5.97 Å². The molecule has 184 valence electrons. The lowest BCUT2D eigenvalue weighted by molar-refractivity contribution is -0.139. The Hall–Kier alpha value is -3.73. The molecule has 0 radical (unpaired) electrons. The number of carbonyl (C=O) groups is 1. The van der Waals surface area contributed by atoms with Gasteiger partial charge in [-0.3, -0.25) is 9.69 Å². The van der Waals surface area contributed by atoms with Gasteiger partial charge < -0.3 is 10.4 Å². The van der Waals surface area contributed by atoms with Crippen LogP contribution in [0, 0.1) is 0 Å². The molecule has 2 N–H and O–H groups in total. The number of nitrogens with one attached hydrogen (secondary N) is 1. The average molecular weight is 479 g/mol. The van der Waals surface area contributed by atoms with Crippen molar-refractivity contribution in [2.75, 3.05) is 6.54 Å². The van der Waals surface area contributed by atoms with Crippen LogP contribution in [0.1, 0.15) is 22.3 Å². The predicted octanol–water partition coefficient (Wildman–Crippen LogP) is 5.59. The molecule has 0 heterocycles. The maximum Gasteiger partial charge on any atom is 0.321 e. The van der Waals surface area contributed by atoms with Gasteiger partial charge in [-0.05, 0) is 35.1 Å². The van der Waals surface area contributed by atoms with E-state index in [1.807, 2.05) is 48.5 Å². The van der Waals surface area contributed by atoms with Gasteiger partial charge in [0.2, 0.25) is 0 Å². The zero-order valence-corrected chi connectivity index (χ0v) is 20.5. The van der Waals surface area contributed by atoms with Crippen molar-refractivity contribution in [1.82, 2.24) is 10.2 Å². The highest BCUT2D eigenvalue weighted by molar-refractivity contribution is 5.73. The molecule has 0 amide bonds. The number of aliphatic carboxylic acids is 1. The van der Waals surface area contributed by atoms with Crippen LogP contribution in [0.5, 0.6) is 0 Å². The fourth-order valence-electron chi connectivity index (χ4n) is 4.54. The van der Waals surface area contributed by atoms with E-state index in [4.69, 9.17) is 0 Å². The maximum atomic E-state index is 12.2. The van der Waals surface area contributed by atoms with Crippen molar-refractivity contribution < 1.29 is 9.90 Å². The van der Waals surface area contributed by atoms with E-state index in [1.165, 1.54) is 16.7 Å². The SMILES string of the molecule is O=C(O)[C@H](Cc1ccccc1)NC[C@H](Cc1ccccc1)N(Cc1ccccc1)Cc1ccccc1. The number of hydrogen-bond donors (Lipinski definition) is 2. The maximum absolute atomic E-state index is 12.2. The topological polar surface area (TPSA) is 52.6 Å². The third-order valence-electron chi connectivity index (χ3n) is 6.47. The Labute approximate surface area is 214 Å². The smallest absolute Gasteiger partial charge is 0.321 e. The molecule has 4 aromatic rings. The predicted molar refractivity (Wildman–Crippen MR) is 146 cm³/mol. The second kappa shape index (κ2) is 13.4. The van der Waals surface area contributed by atoms with E-state index < -0.39 is 12.0 Å². The Morgan fingerprint density at radius 2 is 1.00 bits per heavy atom. The summed E-state index contributed by atoms with van der Waals surface area (Å²) in [5.74, 6) is -0.824. The Morgan fingerprint density at radius 3 is 1.42 bits per heavy atom. The first-order valence-corrected chi connectivity index (χ1v) is 12.5. The Bertz CT molecular complexity index is 1130. The molecule has 2 atom stereocenters. The molecule has 0 fully saturated rings. The van der Waals surface area contributed by atoms with E-state index >= 15 is 0 Å². The molecular formula is C32H34N2O2. The molecule has 36 heavy (non-hydrogen) atoms. The van der Waals surface area contributed by atoms with Crippen LogP contribution in [-0.2, 0) is 30.7 Å². The molecule has 0 aliphatic heterocycles. The summed E-state index contributed by atoms with van der Waals surface area (Å²) in [5, 5.41) is 13.4. The molecule has 4 rings (SSSR count). The molecule has 0 aliphatic carbocycles. The zero-order valence-electron chi connectivity index (χ0n) is 20.5.